The van der Waals surface area contributed by atoms with Crippen molar-refractivity contribution in [2.24, 2.45) is 7.05 Å². The van der Waals surface area contributed by atoms with E-state index in [9.17, 15) is 9.59 Å². The molecule has 2 aromatic rings. The Hall–Kier alpha value is -2.61. The van der Waals surface area contributed by atoms with Crippen LogP contribution in [0.2, 0.25) is 0 Å². The minimum atomic E-state index is -0.367. The third-order valence-electron chi connectivity index (χ3n) is 5.29. The second-order valence-corrected chi connectivity index (χ2v) is 7.11. The lowest BCUT2D eigenvalue weighted by molar-refractivity contribution is 0.250. The molecule has 0 saturated carbocycles. The zero-order valence-electron chi connectivity index (χ0n) is 16.7. The lowest BCUT2D eigenvalue weighted by Crippen LogP contribution is -2.46. The molecule has 0 radical (unpaired) electrons. The molecule has 2 heterocycles. The molecule has 1 aromatic heterocycles. The fourth-order valence-corrected chi connectivity index (χ4v) is 3.55. The summed E-state index contributed by atoms with van der Waals surface area (Å²) in [5.74, 6) is 0.929. The summed E-state index contributed by atoms with van der Waals surface area (Å²) in [6.07, 6.45) is 4.20. The van der Waals surface area contributed by atoms with Gasteiger partial charge in [-0.25, -0.2) is 9.48 Å². The quantitative estimate of drug-likeness (QED) is 0.628. The van der Waals surface area contributed by atoms with E-state index in [1.807, 2.05) is 12.1 Å². The molecule has 8 nitrogen and oxygen atoms in total. The van der Waals surface area contributed by atoms with E-state index in [1.165, 1.54) is 23.6 Å². The Bertz CT molecular complexity index is 884. The Kier molecular flexibility index (Phi) is 6.86. The number of para-hydroxylation sites is 2. The van der Waals surface area contributed by atoms with Crippen LogP contribution in [0.15, 0.2) is 40.1 Å². The van der Waals surface area contributed by atoms with Crippen LogP contribution in [-0.4, -0.2) is 59.1 Å². The molecule has 0 unspecified atom stereocenters. The summed E-state index contributed by atoms with van der Waals surface area (Å²) < 4.78 is 7.93. The van der Waals surface area contributed by atoms with Gasteiger partial charge in [-0.3, -0.25) is 14.3 Å². The fourth-order valence-electron chi connectivity index (χ4n) is 3.55. The van der Waals surface area contributed by atoms with Crippen LogP contribution in [0.3, 0.4) is 0 Å². The second-order valence-electron chi connectivity index (χ2n) is 7.11. The van der Waals surface area contributed by atoms with Gasteiger partial charge in [-0.05, 0) is 31.5 Å². The van der Waals surface area contributed by atoms with Gasteiger partial charge in [0, 0.05) is 39.8 Å². The molecule has 8 heteroatoms. The first-order valence-corrected chi connectivity index (χ1v) is 9.83. The number of piperazine rings is 1. The summed E-state index contributed by atoms with van der Waals surface area (Å²) >= 11 is 0. The van der Waals surface area contributed by atoms with Crippen LogP contribution in [-0.2, 0) is 13.6 Å². The lowest BCUT2D eigenvalue weighted by atomic mass is 10.2. The summed E-state index contributed by atoms with van der Waals surface area (Å²) in [6, 6.07) is 8.17. The largest absolute Gasteiger partial charge is 0.495 e. The Morgan fingerprint density at radius 3 is 2.46 bits per heavy atom. The number of benzene rings is 1. The van der Waals surface area contributed by atoms with E-state index in [1.54, 1.807) is 7.11 Å². The van der Waals surface area contributed by atoms with Crippen molar-refractivity contribution in [3.8, 4) is 5.75 Å². The standard InChI is InChI=1S/C20H29N5O3/c1-22-19(26)16-21-25(20(22)27)11-7-3-6-10-23-12-14-24(15-13-23)17-8-4-5-9-18(17)28-2/h4-5,8-9,16H,3,6-7,10-15H2,1-2H3. The zero-order chi connectivity index (χ0) is 19.9. The van der Waals surface area contributed by atoms with Gasteiger partial charge < -0.3 is 9.64 Å². The molecule has 0 N–H and O–H groups in total. The maximum Gasteiger partial charge on any atom is 0.347 e. The molecule has 0 atom stereocenters. The SMILES string of the molecule is COc1ccccc1N1CCN(CCCCCn2ncc(=O)n(C)c2=O)CC1. The Morgan fingerprint density at radius 1 is 1.00 bits per heavy atom. The molecule has 0 spiro atoms. The predicted molar refractivity (Wildman–Crippen MR) is 109 cm³/mol. The van der Waals surface area contributed by atoms with Crippen molar-refractivity contribution < 1.29 is 4.74 Å². The van der Waals surface area contributed by atoms with Crippen molar-refractivity contribution in [1.82, 2.24) is 19.2 Å². The van der Waals surface area contributed by atoms with Crippen molar-refractivity contribution >= 4 is 5.69 Å². The van der Waals surface area contributed by atoms with Gasteiger partial charge in [0.2, 0.25) is 0 Å². The monoisotopic (exact) mass is 387 g/mol. The van der Waals surface area contributed by atoms with Crippen molar-refractivity contribution in [3.63, 3.8) is 0 Å². The molecule has 1 saturated heterocycles. The highest BCUT2D eigenvalue weighted by molar-refractivity contribution is 5.58. The van der Waals surface area contributed by atoms with Crippen LogP contribution in [0.1, 0.15) is 19.3 Å². The summed E-state index contributed by atoms with van der Waals surface area (Å²) in [5.41, 5.74) is 0.452. The van der Waals surface area contributed by atoms with Crippen LogP contribution in [0, 0.1) is 0 Å². The van der Waals surface area contributed by atoms with Gasteiger partial charge in [0.05, 0.1) is 12.8 Å². The number of methoxy groups -OCH3 is 1. The van der Waals surface area contributed by atoms with Crippen LogP contribution in [0.25, 0.3) is 0 Å². The first-order chi connectivity index (χ1) is 13.6. The Morgan fingerprint density at radius 2 is 1.71 bits per heavy atom. The van der Waals surface area contributed by atoms with Crippen molar-refractivity contribution in [2.75, 3.05) is 44.7 Å². The third-order valence-corrected chi connectivity index (χ3v) is 5.29. The van der Waals surface area contributed by atoms with E-state index in [0.717, 1.165) is 62.3 Å². The smallest absolute Gasteiger partial charge is 0.347 e. The first-order valence-electron chi connectivity index (χ1n) is 9.83. The average Bonchev–Trinajstić information content (AvgIpc) is 2.73. The Balaban J connectivity index is 1.38. The van der Waals surface area contributed by atoms with Crippen molar-refractivity contribution in [3.05, 3.63) is 51.3 Å². The topological polar surface area (TPSA) is 72.6 Å². The number of aromatic nitrogens is 3. The highest BCUT2D eigenvalue weighted by atomic mass is 16.5. The number of unbranched alkanes of at least 4 members (excludes halogenated alkanes) is 2. The maximum atomic E-state index is 11.9. The van der Waals surface area contributed by atoms with E-state index in [0.29, 0.717) is 6.54 Å². The highest BCUT2D eigenvalue weighted by Crippen LogP contribution is 2.28. The molecule has 0 aliphatic carbocycles. The number of aryl methyl sites for hydroxylation is 1. The number of anilines is 1. The number of hydrogen-bond donors (Lipinski definition) is 0. The second kappa shape index (κ2) is 9.54. The molecule has 1 aliphatic heterocycles. The van der Waals surface area contributed by atoms with Gasteiger partial charge in [-0.1, -0.05) is 18.6 Å². The summed E-state index contributed by atoms with van der Waals surface area (Å²) in [4.78, 5) is 28.2. The van der Waals surface area contributed by atoms with Gasteiger partial charge >= 0.3 is 5.69 Å². The van der Waals surface area contributed by atoms with E-state index in [-0.39, 0.29) is 11.2 Å². The van der Waals surface area contributed by atoms with Gasteiger partial charge in [0.1, 0.15) is 11.9 Å². The Labute approximate surface area is 165 Å². The predicted octanol–water partition coefficient (Wildman–Crippen LogP) is 0.943. The number of hydrogen-bond acceptors (Lipinski definition) is 6. The summed E-state index contributed by atoms with van der Waals surface area (Å²) in [7, 11) is 3.20. The van der Waals surface area contributed by atoms with Crippen LogP contribution in [0.5, 0.6) is 5.75 Å². The van der Waals surface area contributed by atoms with Crippen molar-refractivity contribution in [1.29, 1.82) is 0 Å². The summed E-state index contributed by atoms with van der Waals surface area (Å²) in [5, 5.41) is 3.92. The maximum absolute atomic E-state index is 11.9. The van der Waals surface area contributed by atoms with Crippen LogP contribution >= 0.6 is 0 Å². The molecule has 0 bridgehead atoms. The summed E-state index contributed by atoms with van der Waals surface area (Å²) in [6.45, 7) is 5.69. The van der Waals surface area contributed by atoms with Crippen LogP contribution in [0.4, 0.5) is 5.69 Å². The fraction of sp³-hybridized carbons (Fsp3) is 0.550. The highest BCUT2D eigenvalue weighted by Gasteiger charge is 2.19. The van der Waals surface area contributed by atoms with E-state index in [4.69, 9.17) is 4.74 Å². The molecule has 152 valence electrons. The molecule has 1 fully saturated rings. The molecule has 0 amide bonds. The van der Waals surface area contributed by atoms with Crippen molar-refractivity contribution in [2.45, 2.75) is 25.8 Å². The van der Waals surface area contributed by atoms with E-state index in [2.05, 4.69) is 27.0 Å². The first kappa shape index (κ1) is 20.1. The number of rotatable bonds is 8. The van der Waals surface area contributed by atoms with Gasteiger partial charge in [0.25, 0.3) is 5.56 Å². The minimum absolute atomic E-state index is 0.347. The lowest BCUT2D eigenvalue weighted by Gasteiger charge is -2.36. The van der Waals surface area contributed by atoms with Crippen LogP contribution < -0.4 is 20.9 Å². The molecular weight excluding hydrogens is 358 g/mol. The molecule has 1 aromatic carbocycles. The zero-order valence-corrected chi connectivity index (χ0v) is 16.7. The minimum Gasteiger partial charge on any atom is -0.495 e. The van der Waals surface area contributed by atoms with Gasteiger partial charge in [0.15, 0.2) is 0 Å². The molecule has 28 heavy (non-hydrogen) atoms. The molecule has 3 rings (SSSR count). The number of ether oxygens (including phenoxy) is 1. The molecular formula is C20H29N5O3. The van der Waals surface area contributed by atoms with Gasteiger partial charge in [-0.2, -0.15) is 5.10 Å². The van der Waals surface area contributed by atoms with E-state index >= 15 is 0 Å². The molecule has 1 aliphatic rings. The van der Waals surface area contributed by atoms with Gasteiger partial charge in [-0.15, -0.1) is 0 Å². The number of nitrogens with zero attached hydrogens (tertiary/aromatic N) is 5. The average molecular weight is 387 g/mol. The third kappa shape index (κ3) is 4.81. The normalized spacial score (nSPS) is 15.0. The van der Waals surface area contributed by atoms with E-state index < -0.39 is 0 Å².